The van der Waals surface area contributed by atoms with Gasteiger partial charge in [-0.2, -0.15) is 0 Å². The van der Waals surface area contributed by atoms with E-state index in [-0.39, 0.29) is 49.4 Å². The van der Waals surface area contributed by atoms with Gasteiger partial charge >= 0.3 is 6.03 Å². The number of carbonyl (C=O) groups is 5. The molecule has 1 aromatic carbocycles. The number of hydrogen-bond acceptors (Lipinski definition) is 5. The molecular weight excluding hydrogens is 643 g/mol. The standard InChI is InChI=1S/C25H37Br2FN6O5/c1-16-8-9-18(12-19(16)28)33-24(38)20(6-5-11-31-25(29)39)34-22(36)15-32-21(35)7-3-2-4-10-30-23(37)17(13-26)14-27/h8-9,12,17,20H,2-7,10-11,13-15H2,1H3,(H,30,37)(H,32,35)(H,33,38)(H,34,36)(H3,29,31,39). The number of urea groups is 1. The number of unbranched alkanes of at least 4 members (excludes halogenated alkanes) is 2. The molecule has 1 atom stereocenters. The van der Waals surface area contributed by atoms with Crippen molar-refractivity contribution in [2.24, 2.45) is 11.7 Å². The van der Waals surface area contributed by atoms with Crippen molar-refractivity contribution in [2.45, 2.75) is 51.5 Å². The van der Waals surface area contributed by atoms with Crippen molar-refractivity contribution in [3.8, 4) is 0 Å². The highest BCUT2D eigenvalue weighted by molar-refractivity contribution is 9.09. The molecule has 218 valence electrons. The zero-order valence-electron chi connectivity index (χ0n) is 21.9. The van der Waals surface area contributed by atoms with Crippen molar-refractivity contribution >= 4 is 67.2 Å². The van der Waals surface area contributed by atoms with E-state index in [0.29, 0.717) is 35.6 Å². The van der Waals surface area contributed by atoms with Gasteiger partial charge in [0, 0.05) is 35.9 Å². The molecule has 0 aliphatic carbocycles. The molecule has 0 aromatic heterocycles. The normalized spacial score (nSPS) is 11.4. The van der Waals surface area contributed by atoms with Crippen LogP contribution in [0.5, 0.6) is 0 Å². The maximum absolute atomic E-state index is 13.8. The fourth-order valence-electron chi connectivity index (χ4n) is 3.32. The lowest BCUT2D eigenvalue weighted by molar-refractivity contribution is -0.128. The number of alkyl halides is 2. The number of primary amides is 1. The molecule has 0 fully saturated rings. The zero-order chi connectivity index (χ0) is 29.2. The number of nitrogens with two attached hydrogens (primary N) is 1. The van der Waals surface area contributed by atoms with Crippen LogP contribution in [0.4, 0.5) is 14.9 Å². The van der Waals surface area contributed by atoms with E-state index in [2.05, 4.69) is 58.4 Å². The highest BCUT2D eigenvalue weighted by Crippen LogP contribution is 2.14. The molecule has 1 unspecified atom stereocenters. The Morgan fingerprint density at radius 1 is 0.897 bits per heavy atom. The van der Waals surface area contributed by atoms with Gasteiger partial charge in [0.2, 0.25) is 23.6 Å². The third-order valence-corrected chi connectivity index (χ3v) is 7.19. The van der Waals surface area contributed by atoms with Crippen molar-refractivity contribution in [1.29, 1.82) is 0 Å². The largest absolute Gasteiger partial charge is 0.356 e. The number of halogens is 3. The Balaban J connectivity index is 2.46. The van der Waals surface area contributed by atoms with Crippen LogP contribution < -0.4 is 32.3 Å². The number of hydrogen-bond donors (Lipinski definition) is 6. The molecule has 0 spiro atoms. The van der Waals surface area contributed by atoms with Crippen molar-refractivity contribution in [3.05, 3.63) is 29.6 Å². The van der Waals surface area contributed by atoms with Crippen LogP contribution in [0.15, 0.2) is 18.2 Å². The van der Waals surface area contributed by atoms with Gasteiger partial charge < -0.3 is 32.3 Å². The van der Waals surface area contributed by atoms with Gasteiger partial charge in [-0.05, 0) is 50.3 Å². The summed E-state index contributed by atoms with van der Waals surface area (Å²) in [5, 5.41) is 14.1. The average molecular weight is 680 g/mol. The molecule has 0 aliphatic heterocycles. The molecule has 7 N–H and O–H groups in total. The van der Waals surface area contributed by atoms with Gasteiger partial charge in [-0.3, -0.25) is 19.2 Å². The van der Waals surface area contributed by atoms with Gasteiger partial charge in [-0.25, -0.2) is 9.18 Å². The monoisotopic (exact) mass is 678 g/mol. The first kappa shape index (κ1) is 34.3. The number of rotatable bonds is 18. The fraction of sp³-hybridized carbons (Fsp3) is 0.560. The highest BCUT2D eigenvalue weighted by Gasteiger charge is 2.21. The molecule has 14 heteroatoms. The van der Waals surface area contributed by atoms with Gasteiger partial charge in [-0.15, -0.1) is 0 Å². The minimum Gasteiger partial charge on any atom is -0.356 e. The van der Waals surface area contributed by atoms with E-state index in [4.69, 9.17) is 5.73 Å². The molecule has 1 aromatic rings. The fourth-order valence-corrected chi connectivity index (χ4v) is 4.98. The van der Waals surface area contributed by atoms with Crippen LogP contribution in [0.2, 0.25) is 0 Å². The minimum absolute atomic E-state index is 0.0327. The second-order valence-electron chi connectivity index (χ2n) is 8.89. The maximum Gasteiger partial charge on any atom is 0.312 e. The summed E-state index contributed by atoms with van der Waals surface area (Å²) < 4.78 is 13.8. The number of anilines is 1. The Bertz CT molecular complexity index is 980. The Morgan fingerprint density at radius 3 is 2.23 bits per heavy atom. The number of carbonyl (C=O) groups excluding carboxylic acids is 5. The number of nitrogens with one attached hydrogen (secondary N) is 5. The first-order valence-corrected chi connectivity index (χ1v) is 14.9. The average Bonchev–Trinajstić information content (AvgIpc) is 2.89. The van der Waals surface area contributed by atoms with E-state index < -0.39 is 29.7 Å². The molecule has 0 aliphatic rings. The summed E-state index contributed by atoms with van der Waals surface area (Å²) >= 11 is 6.59. The van der Waals surface area contributed by atoms with Gasteiger partial charge in [-0.1, -0.05) is 44.3 Å². The van der Waals surface area contributed by atoms with Crippen molar-refractivity contribution in [3.63, 3.8) is 0 Å². The summed E-state index contributed by atoms with van der Waals surface area (Å²) in [7, 11) is 0. The lowest BCUT2D eigenvalue weighted by Crippen LogP contribution is -2.47. The number of aryl methyl sites for hydroxylation is 1. The molecule has 0 saturated heterocycles. The predicted molar refractivity (Wildman–Crippen MR) is 154 cm³/mol. The topological polar surface area (TPSA) is 172 Å². The molecule has 39 heavy (non-hydrogen) atoms. The molecule has 0 bridgehead atoms. The van der Waals surface area contributed by atoms with Gasteiger partial charge in [0.1, 0.15) is 11.9 Å². The van der Waals surface area contributed by atoms with E-state index in [1.54, 1.807) is 13.0 Å². The Morgan fingerprint density at radius 2 is 1.59 bits per heavy atom. The summed E-state index contributed by atoms with van der Waals surface area (Å²) in [5.41, 5.74) is 5.70. The van der Waals surface area contributed by atoms with Crippen molar-refractivity contribution < 1.29 is 28.4 Å². The van der Waals surface area contributed by atoms with Gasteiger partial charge in [0.25, 0.3) is 0 Å². The highest BCUT2D eigenvalue weighted by atomic mass is 79.9. The zero-order valence-corrected chi connectivity index (χ0v) is 25.1. The Hall–Kier alpha value is -2.74. The van der Waals surface area contributed by atoms with Crippen molar-refractivity contribution in [1.82, 2.24) is 21.3 Å². The molecular formula is C25H37Br2FN6O5. The molecule has 0 radical (unpaired) electrons. The first-order chi connectivity index (χ1) is 18.6. The lowest BCUT2D eigenvalue weighted by atomic mass is 10.1. The summed E-state index contributed by atoms with van der Waals surface area (Å²) in [6, 6.07) is 2.54. The second-order valence-corrected chi connectivity index (χ2v) is 10.2. The molecule has 0 saturated carbocycles. The van der Waals surface area contributed by atoms with Gasteiger partial charge in [0.05, 0.1) is 12.5 Å². The van der Waals surface area contributed by atoms with E-state index in [9.17, 15) is 28.4 Å². The van der Waals surface area contributed by atoms with Crippen LogP contribution in [0.25, 0.3) is 0 Å². The third-order valence-electron chi connectivity index (χ3n) is 5.63. The number of amides is 6. The van der Waals surface area contributed by atoms with Crippen LogP contribution in [0.3, 0.4) is 0 Å². The molecule has 11 nitrogen and oxygen atoms in total. The summed E-state index contributed by atoms with van der Waals surface area (Å²) in [4.78, 5) is 60.1. The minimum atomic E-state index is -0.989. The quantitative estimate of drug-likeness (QED) is 0.103. The lowest BCUT2D eigenvalue weighted by Gasteiger charge is -2.19. The van der Waals surface area contributed by atoms with E-state index >= 15 is 0 Å². The summed E-state index contributed by atoms with van der Waals surface area (Å²) in [5.74, 6) is -2.10. The van der Waals surface area contributed by atoms with E-state index in [0.717, 1.165) is 12.8 Å². The Kier molecular flexibility index (Phi) is 17.0. The van der Waals surface area contributed by atoms with Crippen LogP contribution in [-0.4, -0.2) is 66.0 Å². The first-order valence-electron chi connectivity index (χ1n) is 12.6. The number of benzene rings is 1. The Labute approximate surface area is 244 Å². The molecule has 6 amide bonds. The third kappa shape index (κ3) is 14.8. The summed E-state index contributed by atoms with van der Waals surface area (Å²) in [6.07, 6.45) is 2.77. The SMILES string of the molecule is Cc1ccc(NC(=O)C(CCCNC(N)=O)NC(=O)CNC(=O)CCCCCNC(=O)C(CBr)CBr)cc1F. The van der Waals surface area contributed by atoms with E-state index in [1.807, 2.05) is 0 Å². The summed E-state index contributed by atoms with van der Waals surface area (Å²) in [6.45, 7) is 1.99. The van der Waals surface area contributed by atoms with Crippen LogP contribution in [0, 0.1) is 18.7 Å². The van der Waals surface area contributed by atoms with Crippen LogP contribution in [-0.2, 0) is 19.2 Å². The molecule has 1 rings (SSSR count). The molecule has 0 heterocycles. The van der Waals surface area contributed by atoms with Crippen LogP contribution in [0.1, 0.15) is 44.1 Å². The van der Waals surface area contributed by atoms with E-state index in [1.165, 1.54) is 12.1 Å². The smallest absolute Gasteiger partial charge is 0.312 e. The van der Waals surface area contributed by atoms with Crippen molar-refractivity contribution in [2.75, 3.05) is 35.6 Å². The maximum atomic E-state index is 13.8. The predicted octanol–water partition coefficient (Wildman–Crippen LogP) is 2.20. The van der Waals surface area contributed by atoms with Gasteiger partial charge in [0.15, 0.2) is 0 Å². The van der Waals surface area contributed by atoms with Crippen LogP contribution >= 0.6 is 31.9 Å². The second kappa shape index (κ2) is 19.3.